The molecule has 1 aliphatic heterocycles. The molecule has 1 saturated heterocycles. The van der Waals surface area contributed by atoms with Crippen molar-refractivity contribution in [3.63, 3.8) is 0 Å². The van der Waals surface area contributed by atoms with Crippen LogP contribution >= 0.6 is 0 Å². The maximum absolute atomic E-state index is 11.8. The number of hydrogen-bond acceptors (Lipinski definition) is 5. The second-order valence-corrected chi connectivity index (χ2v) is 7.26. The van der Waals surface area contributed by atoms with Gasteiger partial charge in [0.1, 0.15) is 5.75 Å². The van der Waals surface area contributed by atoms with E-state index in [4.69, 9.17) is 4.74 Å². The summed E-state index contributed by atoms with van der Waals surface area (Å²) in [5.74, 6) is -0.353. The van der Waals surface area contributed by atoms with Crippen molar-refractivity contribution >= 4 is 21.7 Å². The van der Waals surface area contributed by atoms with Crippen molar-refractivity contribution < 1.29 is 22.7 Å². The lowest BCUT2D eigenvalue weighted by Gasteiger charge is -2.13. The highest BCUT2D eigenvalue weighted by molar-refractivity contribution is 7.91. The molecule has 0 radical (unpaired) electrons. The largest absolute Gasteiger partial charge is 0.483 e. The highest BCUT2D eigenvalue weighted by atomic mass is 32.2. The topological polar surface area (TPSA) is 102 Å². The van der Waals surface area contributed by atoms with Gasteiger partial charge in [0.2, 0.25) is 0 Å². The molecule has 1 aromatic rings. The Hall–Kier alpha value is -2.09. The molecule has 1 atom stereocenters. The lowest BCUT2D eigenvalue weighted by atomic mass is 10.2. The van der Waals surface area contributed by atoms with Crippen molar-refractivity contribution in [2.45, 2.75) is 12.5 Å². The Labute approximate surface area is 129 Å². The predicted octanol–water partition coefficient (Wildman–Crippen LogP) is -0.272. The molecule has 2 rings (SSSR count). The number of carbonyl (C=O) groups is 2. The lowest BCUT2D eigenvalue weighted by molar-refractivity contribution is -0.123. The number of rotatable bonds is 5. The van der Waals surface area contributed by atoms with Gasteiger partial charge < -0.3 is 15.4 Å². The number of ether oxygens (including phenoxy) is 1. The normalized spacial score (nSPS) is 19.4. The van der Waals surface area contributed by atoms with E-state index in [1.54, 1.807) is 24.3 Å². The first-order valence-electron chi connectivity index (χ1n) is 6.85. The number of hydrogen-bond donors (Lipinski definition) is 2. The van der Waals surface area contributed by atoms with Gasteiger partial charge >= 0.3 is 0 Å². The summed E-state index contributed by atoms with van der Waals surface area (Å²) in [7, 11) is -1.53. The number of amides is 2. The number of benzene rings is 1. The highest BCUT2D eigenvalue weighted by Gasteiger charge is 2.28. The average Bonchev–Trinajstić information content (AvgIpc) is 2.83. The summed E-state index contributed by atoms with van der Waals surface area (Å²) >= 11 is 0. The van der Waals surface area contributed by atoms with Gasteiger partial charge in [-0.1, -0.05) is 12.1 Å². The number of para-hydroxylation sites is 1. The zero-order valence-electron chi connectivity index (χ0n) is 12.2. The molecule has 0 aromatic heterocycles. The van der Waals surface area contributed by atoms with E-state index in [1.165, 1.54) is 7.05 Å². The van der Waals surface area contributed by atoms with E-state index in [9.17, 15) is 18.0 Å². The predicted molar refractivity (Wildman–Crippen MR) is 80.5 cm³/mol. The van der Waals surface area contributed by atoms with Crippen LogP contribution in [0.2, 0.25) is 0 Å². The molecule has 120 valence electrons. The third kappa shape index (κ3) is 4.20. The lowest BCUT2D eigenvalue weighted by Crippen LogP contribution is -2.38. The molecule has 1 unspecified atom stereocenters. The van der Waals surface area contributed by atoms with Gasteiger partial charge in [0.25, 0.3) is 11.8 Å². The van der Waals surface area contributed by atoms with Crippen LogP contribution in [0.25, 0.3) is 0 Å². The van der Waals surface area contributed by atoms with Gasteiger partial charge in [-0.25, -0.2) is 8.42 Å². The summed E-state index contributed by atoms with van der Waals surface area (Å²) in [4.78, 5) is 23.5. The van der Waals surface area contributed by atoms with E-state index in [1.807, 2.05) is 0 Å². The molecule has 7 nitrogen and oxygen atoms in total. The Bertz CT molecular complexity index is 672. The fourth-order valence-corrected chi connectivity index (χ4v) is 3.91. The Kier molecular flexibility index (Phi) is 5.02. The fourth-order valence-electron chi connectivity index (χ4n) is 2.24. The fraction of sp³-hybridized carbons (Fsp3) is 0.429. The van der Waals surface area contributed by atoms with Crippen LogP contribution in [0.3, 0.4) is 0 Å². The van der Waals surface area contributed by atoms with Crippen molar-refractivity contribution in [1.82, 2.24) is 10.6 Å². The quantitative estimate of drug-likeness (QED) is 0.775. The standard InChI is InChI=1S/C14H18N2O5S/c1-15-14(18)11-4-2-3-5-12(11)21-8-13(17)16-10-6-7-22(19,20)9-10/h2-5,10H,6-9H2,1H3,(H,15,18)(H,16,17). The Morgan fingerprint density at radius 1 is 1.32 bits per heavy atom. The molecule has 1 heterocycles. The van der Waals surface area contributed by atoms with Crippen LogP contribution in [0.4, 0.5) is 0 Å². The minimum absolute atomic E-state index is 0.0342. The third-order valence-electron chi connectivity index (χ3n) is 3.32. The van der Waals surface area contributed by atoms with E-state index < -0.39 is 15.7 Å². The first kappa shape index (κ1) is 16.3. The van der Waals surface area contributed by atoms with E-state index in [0.29, 0.717) is 17.7 Å². The Balaban J connectivity index is 1.91. The van der Waals surface area contributed by atoms with Crippen LogP contribution in [0.1, 0.15) is 16.8 Å². The molecule has 1 aromatic carbocycles. The number of carbonyl (C=O) groups excluding carboxylic acids is 2. The van der Waals surface area contributed by atoms with Gasteiger partial charge in [-0.15, -0.1) is 0 Å². The van der Waals surface area contributed by atoms with Crippen molar-refractivity contribution in [1.29, 1.82) is 0 Å². The van der Waals surface area contributed by atoms with E-state index in [-0.39, 0.29) is 30.1 Å². The molecular formula is C14H18N2O5S. The van der Waals surface area contributed by atoms with Gasteiger partial charge in [-0.2, -0.15) is 0 Å². The molecule has 1 fully saturated rings. The van der Waals surface area contributed by atoms with E-state index in [0.717, 1.165) is 0 Å². The molecule has 22 heavy (non-hydrogen) atoms. The third-order valence-corrected chi connectivity index (χ3v) is 5.08. The molecule has 8 heteroatoms. The summed E-state index contributed by atoms with van der Waals surface area (Å²) in [6.07, 6.45) is 0.420. The first-order valence-corrected chi connectivity index (χ1v) is 8.67. The number of nitrogens with one attached hydrogen (secondary N) is 2. The Morgan fingerprint density at radius 3 is 2.68 bits per heavy atom. The zero-order chi connectivity index (χ0) is 16.2. The van der Waals surface area contributed by atoms with Gasteiger partial charge in [-0.05, 0) is 18.6 Å². The van der Waals surface area contributed by atoms with Gasteiger partial charge in [0.05, 0.1) is 17.1 Å². The van der Waals surface area contributed by atoms with Gasteiger partial charge in [-0.3, -0.25) is 9.59 Å². The summed E-state index contributed by atoms with van der Waals surface area (Å²) in [5, 5.41) is 5.11. The number of sulfone groups is 1. The maximum Gasteiger partial charge on any atom is 0.258 e. The molecule has 2 N–H and O–H groups in total. The van der Waals surface area contributed by atoms with Crippen LogP contribution in [-0.2, 0) is 14.6 Å². The summed E-state index contributed by atoms with van der Waals surface area (Å²) in [6, 6.07) is 6.22. The smallest absolute Gasteiger partial charge is 0.258 e. The van der Waals surface area contributed by atoms with Crippen molar-refractivity contribution in [2.24, 2.45) is 0 Å². The van der Waals surface area contributed by atoms with Crippen LogP contribution in [0.15, 0.2) is 24.3 Å². The monoisotopic (exact) mass is 326 g/mol. The molecule has 0 spiro atoms. The average molecular weight is 326 g/mol. The molecule has 1 aliphatic rings. The maximum atomic E-state index is 11.8. The van der Waals surface area contributed by atoms with E-state index in [2.05, 4.69) is 10.6 Å². The minimum Gasteiger partial charge on any atom is -0.483 e. The van der Waals surface area contributed by atoms with Gasteiger partial charge in [0, 0.05) is 13.1 Å². The van der Waals surface area contributed by atoms with Crippen LogP contribution in [0.5, 0.6) is 5.75 Å². The first-order chi connectivity index (χ1) is 10.4. The zero-order valence-corrected chi connectivity index (χ0v) is 13.0. The van der Waals surface area contributed by atoms with Crippen LogP contribution < -0.4 is 15.4 Å². The molecule has 0 aliphatic carbocycles. The second-order valence-electron chi connectivity index (χ2n) is 5.03. The molecule has 2 amide bonds. The van der Waals surface area contributed by atoms with Crippen molar-refractivity contribution in [2.75, 3.05) is 25.2 Å². The van der Waals surface area contributed by atoms with Crippen molar-refractivity contribution in [3.05, 3.63) is 29.8 Å². The van der Waals surface area contributed by atoms with Gasteiger partial charge in [0.15, 0.2) is 16.4 Å². The van der Waals surface area contributed by atoms with Crippen molar-refractivity contribution in [3.8, 4) is 5.75 Å². The molecule has 0 saturated carbocycles. The Morgan fingerprint density at radius 2 is 2.05 bits per heavy atom. The highest BCUT2D eigenvalue weighted by Crippen LogP contribution is 2.17. The SMILES string of the molecule is CNC(=O)c1ccccc1OCC(=O)NC1CCS(=O)(=O)C1. The second kappa shape index (κ2) is 6.78. The van der Waals surface area contributed by atoms with Crippen LogP contribution in [0, 0.1) is 0 Å². The van der Waals surface area contributed by atoms with E-state index >= 15 is 0 Å². The summed E-state index contributed by atoms with van der Waals surface area (Å²) in [6.45, 7) is -0.273. The van der Waals surface area contributed by atoms with Crippen LogP contribution in [-0.4, -0.2) is 51.4 Å². The summed E-state index contributed by atoms with van der Waals surface area (Å²) < 4.78 is 28.0. The molecule has 0 bridgehead atoms. The summed E-state index contributed by atoms with van der Waals surface area (Å²) in [5.41, 5.74) is 0.334. The minimum atomic E-state index is -3.04. The molecular weight excluding hydrogens is 308 g/mol.